The molecule has 3 heterocycles. The lowest BCUT2D eigenvalue weighted by Gasteiger charge is -2.47. The summed E-state index contributed by atoms with van der Waals surface area (Å²) in [5, 5.41) is 2.95. The molecule has 2 aliphatic rings. The van der Waals surface area contributed by atoms with Gasteiger partial charge in [0.15, 0.2) is 0 Å². The summed E-state index contributed by atoms with van der Waals surface area (Å²) >= 11 is 1.58. The topological polar surface area (TPSA) is 62.7 Å². The Morgan fingerprint density at radius 2 is 2.10 bits per heavy atom. The van der Waals surface area contributed by atoms with Crippen LogP contribution in [0.4, 0.5) is 0 Å². The van der Waals surface area contributed by atoms with Crippen molar-refractivity contribution < 1.29 is 14.3 Å². The van der Waals surface area contributed by atoms with Crippen molar-refractivity contribution >= 4 is 23.2 Å². The molecule has 166 valence electrons. The molecular formula is C24H31N3O3S. The van der Waals surface area contributed by atoms with Gasteiger partial charge in [-0.15, -0.1) is 11.3 Å². The maximum atomic E-state index is 13.0. The highest BCUT2D eigenvalue weighted by atomic mass is 32.1. The van der Waals surface area contributed by atoms with Crippen molar-refractivity contribution in [3.63, 3.8) is 0 Å². The minimum atomic E-state index is 0.142. The third kappa shape index (κ3) is 5.33. The number of hydrogen-bond acceptors (Lipinski definition) is 5. The molecule has 2 aromatic rings. The minimum absolute atomic E-state index is 0.142. The lowest BCUT2D eigenvalue weighted by Crippen LogP contribution is -2.57. The maximum absolute atomic E-state index is 13.0. The van der Waals surface area contributed by atoms with Gasteiger partial charge >= 0.3 is 0 Å². The van der Waals surface area contributed by atoms with Gasteiger partial charge in [0.1, 0.15) is 5.01 Å². The summed E-state index contributed by atoms with van der Waals surface area (Å²) in [5.74, 6) is 0.773. The SMILES string of the molecule is CCOCCCN1C(=O)CC[C@H]2CN(C(=O)Cc3csc(-c4ccccc4)n3)CC[C@H]21. The molecule has 2 saturated heterocycles. The molecule has 2 amide bonds. The van der Waals surface area contributed by atoms with Crippen LogP contribution in [-0.2, 0) is 20.7 Å². The van der Waals surface area contributed by atoms with Crippen LogP contribution >= 0.6 is 11.3 Å². The van der Waals surface area contributed by atoms with Gasteiger partial charge in [0.2, 0.25) is 11.8 Å². The number of aromatic nitrogens is 1. The molecule has 4 rings (SSSR count). The average Bonchev–Trinajstić information content (AvgIpc) is 3.26. The van der Waals surface area contributed by atoms with E-state index >= 15 is 0 Å². The van der Waals surface area contributed by atoms with Crippen molar-refractivity contribution in [2.75, 3.05) is 32.8 Å². The van der Waals surface area contributed by atoms with E-state index < -0.39 is 0 Å². The number of fused-ring (bicyclic) bond motifs is 1. The molecule has 2 aliphatic heterocycles. The number of carbonyl (C=O) groups excluding carboxylic acids is 2. The molecule has 0 unspecified atom stereocenters. The molecule has 0 N–H and O–H groups in total. The molecule has 1 aromatic carbocycles. The van der Waals surface area contributed by atoms with E-state index in [-0.39, 0.29) is 17.9 Å². The number of thiazole rings is 1. The number of carbonyl (C=O) groups is 2. The van der Waals surface area contributed by atoms with Gasteiger partial charge in [0.05, 0.1) is 12.1 Å². The molecule has 0 spiro atoms. The number of benzene rings is 1. The molecule has 2 fully saturated rings. The van der Waals surface area contributed by atoms with E-state index in [9.17, 15) is 9.59 Å². The summed E-state index contributed by atoms with van der Waals surface area (Å²) in [5.41, 5.74) is 1.93. The largest absolute Gasteiger partial charge is 0.382 e. The lowest BCUT2D eigenvalue weighted by molar-refractivity contribution is -0.144. The second kappa shape index (κ2) is 10.4. The Kier molecular flexibility index (Phi) is 7.35. The van der Waals surface area contributed by atoms with Gasteiger partial charge in [-0.1, -0.05) is 30.3 Å². The molecule has 0 saturated carbocycles. The minimum Gasteiger partial charge on any atom is -0.382 e. The van der Waals surface area contributed by atoms with Crippen LogP contribution < -0.4 is 0 Å². The van der Waals surface area contributed by atoms with Crippen molar-refractivity contribution in [1.82, 2.24) is 14.8 Å². The smallest absolute Gasteiger partial charge is 0.228 e. The van der Waals surface area contributed by atoms with E-state index in [4.69, 9.17) is 4.74 Å². The van der Waals surface area contributed by atoms with E-state index in [1.807, 2.05) is 47.5 Å². The molecule has 0 bridgehead atoms. The number of hydrogen-bond donors (Lipinski definition) is 0. The Morgan fingerprint density at radius 3 is 2.90 bits per heavy atom. The van der Waals surface area contributed by atoms with Crippen molar-refractivity contribution in [3.8, 4) is 10.6 Å². The molecule has 31 heavy (non-hydrogen) atoms. The van der Waals surface area contributed by atoms with Gasteiger partial charge in [0, 0.05) is 56.3 Å². The average molecular weight is 442 g/mol. The third-order valence-corrected chi connectivity index (χ3v) is 7.23. The first-order valence-corrected chi connectivity index (χ1v) is 12.2. The number of amides is 2. The second-order valence-electron chi connectivity index (χ2n) is 8.32. The normalized spacial score (nSPS) is 21.3. The molecular weight excluding hydrogens is 410 g/mol. The van der Waals surface area contributed by atoms with Crippen molar-refractivity contribution in [3.05, 3.63) is 41.4 Å². The fraction of sp³-hybridized carbons (Fsp3) is 0.542. The van der Waals surface area contributed by atoms with Gasteiger partial charge in [-0.2, -0.15) is 0 Å². The first kappa shape index (κ1) is 22.0. The summed E-state index contributed by atoms with van der Waals surface area (Å²) in [6.07, 6.45) is 3.55. The summed E-state index contributed by atoms with van der Waals surface area (Å²) in [6, 6.07) is 10.3. The third-order valence-electron chi connectivity index (χ3n) is 6.29. The highest BCUT2D eigenvalue weighted by molar-refractivity contribution is 7.13. The number of piperidine rings is 2. The van der Waals surface area contributed by atoms with Crippen LogP contribution in [0.5, 0.6) is 0 Å². The Bertz CT molecular complexity index is 885. The highest BCUT2D eigenvalue weighted by Crippen LogP contribution is 2.32. The van der Waals surface area contributed by atoms with Gasteiger partial charge in [-0.25, -0.2) is 4.98 Å². The van der Waals surface area contributed by atoms with E-state index in [1.165, 1.54) is 0 Å². The predicted octanol–water partition coefficient (Wildman–Crippen LogP) is 3.62. The van der Waals surface area contributed by atoms with Gasteiger partial charge in [-0.05, 0) is 32.1 Å². The van der Waals surface area contributed by atoms with E-state index in [2.05, 4.69) is 9.88 Å². The fourth-order valence-corrected chi connectivity index (χ4v) is 5.54. The van der Waals surface area contributed by atoms with E-state index in [0.29, 0.717) is 38.5 Å². The fourth-order valence-electron chi connectivity index (χ4n) is 4.72. The first-order chi connectivity index (χ1) is 15.2. The van der Waals surface area contributed by atoms with Crippen LogP contribution in [0.15, 0.2) is 35.7 Å². The molecule has 0 radical (unpaired) electrons. The van der Waals surface area contributed by atoms with Gasteiger partial charge in [0.25, 0.3) is 0 Å². The number of rotatable bonds is 8. The van der Waals surface area contributed by atoms with Crippen molar-refractivity contribution in [2.24, 2.45) is 5.92 Å². The Morgan fingerprint density at radius 1 is 1.26 bits per heavy atom. The van der Waals surface area contributed by atoms with Crippen LogP contribution in [0.2, 0.25) is 0 Å². The second-order valence-corrected chi connectivity index (χ2v) is 9.18. The van der Waals surface area contributed by atoms with Crippen molar-refractivity contribution in [2.45, 2.75) is 45.1 Å². The molecule has 0 aliphatic carbocycles. The zero-order valence-corrected chi connectivity index (χ0v) is 19.0. The van der Waals surface area contributed by atoms with Gasteiger partial charge < -0.3 is 14.5 Å². The summed E-state index contributed by atoms with van der Waals surface area (Å²) in [7, 11) is 0. The standard InChI is InChI=1S/C24H31N3O3S/c1-2-30-14-6-12-27-21-11-13-26(16-19(21)9-10-22(27)28)23(29)15-20-17-31-24(25-20)18-7-4-3-5-8-18/h3-5,7-8,17,19,21H,2,6,9-16H2,1H3/t19-,21+/m0/s1. The summed E-state index contributed by atoms with van der Waals surface area (Å²) in [6.45, 7) is 5.61. The maximum Gasteiger partial charge on any atom is 0.228 e. The van der Waals surface area contributed by atoms with E-state index in [0.717, 1.165) is 48.6 Å². The molecule has 2 atom stereocenters. The number of likely N-dealkylation sites (tertiary alicyclic amines) is 2. The van der Waals surface area contributed by atoms with Crippen LogP contribution in [0.25, 0.3) is 10.6 Å². The summed E-state index contributed by atoms with van der Waals surface area (Å²) < 4.78 is 5.43. The Labute approximate surface area is 188 Å². The Balaban J connectivity index is 1.32. The lowest BCUT2D eigenvalue weighted by atomic mass is 9.83. The van der Waals surface area contributed by atoms with E-state index in [1.54, 1.807) is 11.3 Å². The van der Waals surface area contributed by atoms with Crippen LogP contribution in [-0.4, -0.2) is 65.5 Å². The molecule has 1 aromatic heterocycles. The zero-order chi connectivity index (χ0) is 21.6. The monoisotopic (exact) mass is 441 g/mol. The Hall–Kier alpha value is -2.25. The molecule has 6 nitrogen and oxygen atoms in total. The van der Waals surface area contributed by atoms with Crippen LogP contribution in [0.1, 0.15) is 38.3 Å². The highest BCUT2D eigenvalue weighted by Gasteiger charge is 2.40. The number of ether oxygens (including phenoxy) is 1. The first-order valence-electron chi connectivity index (χ1n) is 11.3. The van der Waals surface area contributed by atoms with Crippen LogP contribution in [0, 0.1) is 5.92 Å². The number of nitrogens with zero attached hydrogens (tertiary/aromatic N) is 3. The quantitative estimate of drug-likeness (QED) is 0.587. The zero-order valence-electron chi connectivity index (χ0n) is 18.2. The molecule has 7 heteroatoms. The predicted molar refractivity (Wildman–Crippen MR) is 122 cm³/mol. The van der Waals surface area contributed by atoms with Crippen molar-refractivity contribution in [1.29, 1.82) is 0 Å². The van der Waals surface area contributed by atoms with Crippen LogP contribution in [0.3, 0.4) is 0 Å². The summed E-state index contributed by atoms with van der Waals surface area (Å²) in [4.78, 5) is 34.2. The van der Waals surface area contributed by atoms with Gasteiger partial charge in [-0.3, -0.25) is 9.59 Å².